The zero-order chi connectivity index (χ0) is 17.6. The molecule has 1 aromatic carbocycles. The Morgan fingerprint density at radius 2 is 2.00 bits per heavy atom. The fourth-order valence-electron chi connectivity index (χ4n) is 4.06. The Bertz CT molecular complexity index is 698. The minimum Gasteiger partial charge on any atom is -0.356 e. The lowest BCUT2D eigenvalue weighted by Gasteiger charge is -2.21. The highest BCUT2D eigenvalue weighted by atomic mass is 16.1. The molecule has 1 aliphatic rings. The smallest absolute Gasteiger partial charge is 0.220 e. The van der Waals surface area contributed by atoms with Crippen molar-refractivity contribution in [3.05, 3.63) is 30.1 Å². The third-order valence-electron chi connectivity index (χ3n) is 5.36. The molecule has 1 aromatic heterocycles. The van der Waals surface area contributed by atoms with E-state index in [1.807, 2.05) is 6.07 Å². The monoisotopic (exact) mass is 341 g/mol. The van der Waals surface area contributed by atoms with E-state index < -0.39 is 0 Å². The molecule has 1 heterocycles. The van der Waals surface area contributed by atoms with Crippen LogP contribution in [0.3, 0.4) is 0 Å². The summed E-state index contributed by atoms with van der Waals surface area (Å²) in [6.45, 7) is 5.03. The lowest BCUT2D eigenvalue weighted by Crippen LogP contribution is -2.27. The Balaban J connectivity index is 1.50. The quantitative estimate of drug-likeness (QED) is 0.797. The van der Waals surface area contributed by atoms with Gasteiger partial charge in [-0.15, -0.1) is 0 Å². The summed E-state index contributed by atoms with van der Waals surface area (Å²) in [5.74, 6) is 2.02. The largest absolute Gasteiger partial charge is 0.356 e. The molecular weight excluding hydrogens is 310 g/mol. The fraction of sp³-hybridized carbons (Fsp3) is 0.619. The zero-order valence-electron chi connectivity index (χ0n) is 15.6. The summed E-state index contributed by atoms with van der Waals surface area (Å²) in [6, 6.07) is 8.62. The SMILES string of the molecule is CC(C)n1c(CCNC(=O)CCC2CCCCC2)nc2ccccc21. The van der Waals surface area contributed by atoms with E-state index in [9.17, 15) is 4.79 Å². The average molecular weight is 341 g/mol. The van der Waals surface area contributed by atoms with E-state index in [1.54, 1.807) is 0 Å². The summed E-state index contributed by atoms with van der Waals surface area (Å²) in [6.07, 6.45) is 9.19. The van der Waals surface area contributed by atoms with Gasteiger partial charge in [0, 0.05) is 25.4 Å². The molecule has 0 bridgehead atoms. The molecule has 136 valence electrons. The topological polar surface area (TPSA) is 46.9 Å². The minimum absolute atomic E-state index is 0.192. The number of para-hydroxylation sites is 2. The predicted molar refractivity (Wildman–Crippen MR) is 103 cm³/mol. The van der Waals surface area contributed by atoms with Gasteiger partial charge in [-0.05, 0) is 38.3 Å². The van der Waals surface area contributed by atoms with E-state index in [2.05, 4.69) is 41.9 Å². The van der Waals surface area contributed by atoms with Gasteiger partial charge in [0.15, 0.2) is 0 Å². The lowest BCUT2D eigenvalue weighted by molar-refractivity contribution is -0.121. The number of fused-ring (bicyclic) bond motifs is 1. The maximum Gasteiger partial charge on any atom is 0.220 e. The van der Waals surface area contributed by atoms with Gasteiger partial charge in [0.2, 0.25) is 5.91 Å². The molecule has 3 rings (SSSR count). The molecular formula is C21H31N3O. The minimum atomic E-state index is 0.192. The van der Waals surface area contributed by atoms with Crippen LogP contribution in [-0.4, -0.2) is 22.0 Å². The Labute approximate surface area is 151 Å². The molecule has 25 heavy (non-hydrogen) atoms. The third-order valence-corrected chi connectivity index (χ3v) is 5.36. The van der Waals surface area contributed by atoms with Crippen molar-refractivity contribution >= 4 is 16.9 Å². The molecule has 1 amide bonds. The number of nitrogens with one attached hydrogen (secondary N) is 1. The van der Waals surface area contributed by atoms with Crippen LogP contribution in [0.4, 0.5) is 0 Å². The van der Waals surface area contributed by atoms with Gasteiger partial charge in [-0.3, -0.25) is 4.79 Å². The van der Waals surface area contributed by atoms with E-state index >= 15 is 0 Å². The molecule has 0 radical (unpaired) electrons. The van der Waals surface area contributed by atoms with Crippen LogP contribution in [-0.2, 0) is 11.2 Å². The van der Waals surface area contributed by atoms with Crippen LogP contribution in [0.2, 0.25) is 0 Å². The van der Waals surface area contributed by atoms with Crippen LogP contribution in [0.5, 0.6) is 0 Å². The van der Waals surface area contributed by atoms with Crippen LogP contribution in [0, 0.1) is 5.92 Å². The Hall–Kier alpha value is -1.84. The maximum absolute atomic E-state index is 12.1. The molecule has 1 aliphatic carbocycles. The maximum atomic E-state index is 12.1. The first-order chi connectivity index (χ1) is 12.1. The third kappa shape index (κ3) is 4.62. The molecule has 1 fully saturated rings. The summed E-state index contributed by atoms with van der Waals surface area (Å²) in [5.41, 5.74) is 2.21. The highest BCUT2D eigenvalue weighted by Crippen LogP contribution is 2.27. The molecule has 4 nitrogen and oxygen atoms in total. The van der Waals surface area contributed by atoms with Gasteiger partial charge >= 0.3 is 0 Å². The number of hydrogen-bond acceptors (Lipinski definition) is 2. The van der Waals surface area contributed by atoms with Crippen molar-refractivity contribution in [2.45, 2.75) is 71.3 Å². The molecule has 0 saturated heterocycles. The summed E-state index contributed by atoms with van der Waals surface area (Å²) < 4.78 is 2.28. The van der Waals surface area contributed by atoms with Gasteiger partial charge in [0.1, 0.15) is 5.82 Å². The van der Waals surface area contributed by atoms with Crippen LogP contribution in [0.25, 0.3) is 11.0 Å². The van der Waals surface area contributed by atoms with Crippen LogP contribution in [0.15, 0.2) is 24.3 Å². The normalized spacial score (nSPS) is 15.8. The molecule has 0 atom stereocenters. The number of benzene rings is 1. The van der Waals surface area contributed by atoms with Crippen molar-refractivity contribution in [3.63, 3.8) is 0 Å². The molecule has 2 aromatic rings. The van der Waals surface area contributed by atoms with E-state index in [1.165, 1.54) is 37.6 Å². The van der Waals surface area contributed by atoms with E-state index in [4.69, 9.17) is 4.98 Å². The second-order valence-electron chi connectivity index (χ2n) is 7.62. The number of rotatable bonds is 7. The average Bonchev–Trinajstić information content (AvgIpc) is 2.99. The van der Waals surface area contributed by atoms with Gasteiger partial charge in [0.05, 0.1) is 11.0 Å². The first kappa shape index (κ1) is 18.0. The van der Waals surface area contributed by atoms with Crippen LogP contribution in [0.1, 0.15) is 70.7 Å². The van der Waals surface area contributed by atoms with E-state index in [-0.39, 0.29) is 5.91 Å². The van der Waals surface area contributed by atoms with Crippen molar-refractivity contribution in [1.82, 2.24) is 14.9 Å². The second kappa shape index (κ2) is 8.50. The Morgan fingerprint density at radius 3 is 2.76 bits per heavy atom. The number of carbonyl (C=O) groups excluding carboxylic acids is 1. The second-order valence-corrected chi connectivity index (χ2v) is 7.62. The number of amides is 1. The Kier molecular flexibility index (Phi) is 6.11. The molecule has 0 unspecified atom stereocenters. The van der Waals surface area contributed by atoms with Gasteiger partial charge in [-0.25, -0.2) is 4.98 Å². The summed E-state index contributed by atoms with van der Waals surface area (Å²) in [5, 5.41) is 3.09. The number of imidazole rings is 1. The Morgan fingerprint density at radius 1 is 1.24 bits per heavy atom. The standard InChI is InChI=1S/C21H31N3O/c1-16(2)24-19-11-7-6-10-18(19)23-20(24)14-15-22-21(25)13-12-17-8-4-3-5-9-17/h6-7,10-11,16-17H,3-5,8-9,12-15H2,1-2H3,(H,22,25). The molecule has 1 N–H and O–H groups in total. The van der Waals surface area contributed by atoms with Crippen molar-refractivity contribution in [3.8, 4) is 0 Å². The van der Waals surface area contributed by atoms with E-state index in [0.29, 0.717) is 19.0 Å². The number of aromatic nitrogens is 2. The van der Waals surface area contributed by atoms with E-state index in [0.717, 1.165) is 30.1 Å². The van der Waals surface area contributed by atoms with Crippen molar-refractivity contribution in [2.75, 3.05) is 6.54 Å². The number of nitrogens with zero attached hydrogens (tertiary/aromatic N) is 2. The zero-order valence-corrected chi connectivity index (χ0v) is 15.6. The first-order valence-electron chi connectivity index (χ1n) is 9.87. The predicted octanol–water partition coefficient (Wildman–Crippen LogP) is 4.64. The molecule has 0 aliphatic heterocycles. The van der Waals surface area contributed by atoms with Crippen molar-refractivity contribution < 1.29 is 4.79 Å². The molecule has 1 saturated carbocycles. The van der Waals surface area contributed by atoms with Gasteiger partial charge in [-0.1, -0.05) is 44.2 Å². The van der Waals surface area contributed by atoms with Crippen molar-refractivity contribution in [1.29, 1.82) is 0 Å². The van der Waals surface area contributed by atoms with Crippen LogP contribution < -0.4 is 5.32 Å². The number of hydrogen-bond donors (Lipinski definition) is 1. The first-order valence-corrected chi connectivity index (χ1v) is 9.87. The molecule has 0 spiro atoms. The van der Waals surface area contributed by atoms with Gasteiger partial charge < -0.3 is 9.88 Å². The molecule has 4 heteroatoms. The fourth-order valence-corrected chi connectivity index (χ4v) is 4.06. The summed E-state index contributed by atoms with van der Waals surface area (Å²) in [7, 11) is 0. The van der Waals surface area contributed by atoms with Crippen LogP contribution >= 0.6 is 0 Å². The number of carbonyl (C=O) groups is 1. The van der Waals surface area contributed by atoms with Gasteiger partial charge in [-0.2, -0.15) is 0 Å². The summed E-state index contributed by atoms with van der Waals surface area (Å²) in [4.78, 5) is 16.9. The highest BCUT2D eigenvalue weighted by Gasteiger charge is 2.15. The van der Waals surface area contributed by atoms with Gasteiger partial charge in [0.25, 0.3) is 0 Å². The highest BCUT2D eigenvalue weighted by molar-refractivity contribution is 5.76. The lowest BCUT2D eigenvalue weighted by atomic mass is 9.86. The van der Waals surface area contributed by atoms with Crippen molar-refractivity contribution in [2.24, 2.45) is 5.92 Å². The summed E-state index contributed by atoms with van der Waals surface area (Å²) >= 11 is 0.